The number of nitrogens with zero attached hydrogens (tertiary/aromatic N) is 2. The van der Waals surface area contributed by atoms with E-state index in [0.29, 0.717) is 0 Å². The molecule has 1 saturated carbocycles. The van der Waals surface area contributed by atoms with Crippen LogP contribution in [0, 0.1) is 20.8 Å². The van der Waals surface area contributed by atoms with Gasteiger partial charge in [0.25, 0.3) is 0 Å². The number of hydrogen-bond acceptors (Lipinski definition) is 2. The highest BCUT2D eigenvalue weighted by Gasteiger charge is 2.13. The van der Waals surface area contributed by atoms with Crippen LogP contribution in [0.3, 0.4) is 0 Å². The molecule has 0 atom stereocenters. The second kappa shape index (κ2) is 5.67. The van der Waals surface area contributed by atoms with E-state index in [4.69, 9.17) is 0 Å². The van der Waals surface area contributed by atoms with Crippen molar-refractivity contribution in [3.8, 4) is 0 Å². The first-order chi connectivity index (χ1) is 8.18. The van der Waals surface area contributed by atoms with Gasteiger partial charge in [0.2, 0.25) is 0 Å². The molecule has 0 amide bonds. The van der Waals surface area contributed by atoms with E-state index >= 15 is 0 Å². The van der Waals surface area contributed by atoms with Crippen LogP contribution in [0.25, 0.3) is 0 Å². The number of hydrogen-bond donors (Lipinski definition) is 1. The van der Waals surface area contributed by atoms with Crippen molar-refractivity contribution in [3.05, 3.63) is 17.0 Å². The van der Waals surface area contributed by atoms with Gasteiger partial charge in [-0.05, 0) is 52.1 Å². The molecule has 0 aromatic carbocycles. The molecule has 0 bridgehead atoms. The number of aromatic nitrogens is 2. The minimum atomic E-state index is 0.789. The van der Waals surface area contributed by atoms with E-state index in [1.54, 1.807) is 0 Å². The first kappa shape index (κ1) is 12.6. The first-order valence-corrected chi connectivity index (χ1v) is 6.92. The lowest BCUT2D eigenvalue weighted by Gasteiger charge is -2.11. The van der Waals surface area contributed by atoms with Crippen molar-refractivity contribution in [2.24, 2.45) is 0 Å². The Balaban J connectivity index is 1.72. The van der Waals surface area contributed by atoms with E-state index in [-0.39, 0.29) is 0 Å². The van der Waals surface area contributed by atoms with Gasteiger partial charge in [0, 0.05) is 18.3 Å². The number of rotatable bonds is 5. The maximum absolute atomic E-state index is 4.57. The predicted molar refractivity (Wildman–Crippen MR) is 71.3 cm³/mol. The summed E-state index contributed by atoms with van der Waals surface area (Å²) in [6.45, 7) is 8.59. The fourth-order valence-corrected chi connectivity index (χ4v) is 2.67. The van der Waals surface area contributed by atoms with Gasteiger partial charge in [-0.2, -0.15) is 5.10 Å². The molecule has 0 aliphatic heterocycles. The zero-order valence-corrected chi connectivity index (χ0v) is 11.4. The predicted octanol–water partition coefficient (Wildman–Crippen LogP) is 2.73. The molecule has 1 fully saturated rings. The van der Waals surface area contributed by atoms with Gasteiger partial charge in [0.05, 0.1) is 5.69 Å². The maximum atomic E-state index is 4.57. The second-order valence-electron chi connectivity index (χ2n) is 5.31. The smallest absolute Gasteiger partial charge is 0.0625 e. The number of aryl methyl sites for hydroxylation is 2. The van der Waals surface area contributed by atoms with Gasteiger partial charge in [-0.1, -0.05) is 12.8 Å². The Kier molecular flexibility index (Phi) is 4.21. The Morgan fingerprint density at radius 1 is 1.24 bits per heavy atom. The Labute approximate surface area is 105 Å². The summed E-state index contributed by atoms with van der Waals surface area (Å²) in [6, 6.07) is 0.789. The lowest BCUT2D eigenvalue weighted by Crippen LogP contribution is -2.27. The highest BCUT2D eigenvalue weighted by atomic mass is 15.3. The van der Waals surface area contributed by atoms with Gasteiger partial charge < -0.3 is 5.32 Å². The van der Waals surface area contributed by atoms with Crippen LogP contribution in [-0.2, 0) is 6.54 Å². The molecule has 0 radical (unpaired) electrons. The Hall–Kier alpha value is -0.830. The van der Waals surface area contributed by atoms with Crippen molar-refractivity contribution in [3.63, 3.8) is 0 Å². The molecule has 0 unspecified atom stereocenters. The molecule has 3 heteroatoms. The monoisotopic (exact) mass is 235 g/mol. The van der Waals surface area contributed by atoms with Crippen molar-refractivity contribution < 1.29 is 0 Å². The molecule has 0 spiro atoms. The molecule has 96 valence electrons. The minimum absolute atomic E-state index is 0.789. The molecular formula is C14H25N3. The van der Waals surface area contributed by atoms with Crippen molar-refractivity contribution >= 4 is 0 Å². The molecule has 1 aromatic rings. The highest BCUT2D eigenvalue weighted by Crippen LogP contribution is 2.17. The Morgan fingerprint density at radius 3 is 2.53 bits per heavy atom. The zero-order chi connectivity index (χ0) is 12.3. The van der Waals surface area contributed by atoms with E-state index in [2.05, 4.69) is 35.9 Å². The molecule has 1 aliphatic carbocycles. The van der Waals surface area contributed by atoms with E-state index < -0.39 is 0 Å². The summed E-state index contributed by atoms with van der Waals surface area (Å²) in [5, 5.41) is 8.22. The standard InChI is InChI=1S/C14H25N3/c1-11-12(2)16-17(13(11)3)10-6-9-15-14-7-4-5-8-14/h14-15H,4-10H2,1-3H3. The molecule has 3 nitrogen and oxygen atoms in total. The molecule has 0 saturated heterocycles. The largest absolute Gasteiger partial charge is 0.314 e. The van der Waals surface area contributed by atoms with Crippen molar-refractivity contribution in [1.29, 1.82) is 0 Å². The zero-order valence-electron chi connectivity index (χ0n) is 11.4. The second-order valence-corrected chi connectivity index (χ2v) is 5.31. The average Bonchev–Trinajstić information content (AvgIpc) is 2.90. The fourth-order valence-electron chi connectivity index (χ4n) is 2.67. The van der Waals surface area contributed by atoms with Gasteiger partial charge in [-0.15, -0.1) is 0 Å². The van der Waals surface area contributed by atoms with E-state index in [0.717, 1.165) is 19.1 Å². The third-order valence-corrected chi connectivity index (χ3v) is 4.08. The van der Waals surface area contributed by atoms with Crippen LogP contribution in [-0.4, -0.2) is 22.4 Å². The van der Waals surface area contributed by atoms with Gasteiger partial charge in [-0.3, -0.25) is 4.68 Å². The van der Waals surface area contributed by atoms with E-state index in [9.17, 15) is 0 Å². The van der Waals surface area contributed by atoms with E-state index in [1.165, 1.54) is 49.1 Å². The van der Waals surface area contributed by atoms with Crippen LogP contribution in [0.2, 0.25) is 0 Å². The summed E-state index contributed by atoms with van der Waals surface area (Å²) in [5.41, 5.74) is 3.84. The van der Waals surface area contributed by atoms with Crippen LogP contribution < -0.4 is 5.32 Å². The summed E-state index contributed by atoms with van der Waals surface area (Å²) in [6.07, 6.45) is 6.75. The molecule has 1 aliphatic rings. The molecule has 2 rings (SSSR count). The fraction of sp³-hybridized carbons (Fsp3) is 0.786. The van der Waals surface area contributed by atoms with E-state index in [1.807, 2.05) is 0 Å². The van der Waals surface area contributed by atoms with Crippen molar-refractivity contribution in [2.45, 2.75) is 65.5 Å². The lowest BCUT2D eigenvalue weighted by molar-refractivity contribution is 0.478. The molecular weight excluding hydrogens is 210 g/mol. The summed E-state index contributed by atoms with van der Waals surface area (Å²) in [7, 11) is 0. The minimum Gasteiger partial charge on any atom is -0.314 e. The van der Waals surface area contributed by atoms with Gasteiger partial charge in [-0.25, -0.2) is 0 Å². The van der Waals surface area contributed by atoms with Crippen LogP contribution in [0.15, 0.2) is 0 Å². The molecule has 1 aromatic heterocycles. The third kappa shape index (κ3) is 3.09. The number of nitrogens with one attached hydrogen (secondary N) is 1. The van der Waals surface area contributed by atoms with Crippen LogP contribution >= 0.6 is 0 Å². The van der Waals surface area contributed by atoms with Crippen LogP contribution in [0.4, 0.5) is 0 Å². The van der Waals surface area contributed by atoms with Gasteiger partial charge in [0.15, 0.2) is 0 Å². The first-order valence-electron chi connectivity index (χ1n) is 6.92. The molecule has 1 heterocycles. The average molecular weight is 235 g/mol. The maximum Gasteiger partial charge on any atom is 0.0625 e. The lowest BCUT2D eigenvalue weighted by atomic mass is 10.2. The Bertz CT molecular complexity index is 362. The highest BCUT2D eigenvalue weighted by molar-refractivity contribution is 5.21. The normalized spacial score (nSPS) is 16.9. The topological polar surface area (TPSA) is 29.9 Å². The summed E-state index contributed by atoms with van der Waals surface area (Å²) in [5.74, 6) is 0. The third-order valence-electron chi connectivity index (χ3n) is 4.08. The Morgan fingerprint density at radius 2 is 1.94 bits per heavy atom. The van der Waals surface area contributed by atoms with Gasteiger partial charge >= 0.3 is 0 Å². The summed E-state index contributed by atoms with van der Waals surface area (Å²) < 4.78 is 2.15. The quantitative estimate of drug-likeness (QED) is 0.795. The van der Waals surface area contributed by atoms with Gasteiger partial charge in [0.1, 0.15) is 0 Å². The van der Waals surface area contributed by atoms with Crippen LogP contribution in [0.1, 0.15) is 49.1 Å². The van der Waals surface area contributed by atoms with Crippen LogP contribution in [0.5, 0.6) is 0 Å². The molecule has 17 heavy (non-hydrogen) atoms. The van der Waals surface area contributed by atoms with Crippen molar-refractivity contribution in [1.82, 2.24) is 15.1 Å². The summed E-state index contributed by atoms with van der Waals surface area (Å²) in [4.78, 5) is 0. The molecule has 1 N–H and O–H groups in total. The van der Waals surface area contributed by atoms with Crippen molar-refractivity contribution in [2.75, 3.05) is 6.54 Å². The summed E-state index contributed by atoms with van der Waals surface area (Å²) >= 11 is 0. The SMILES string of the molecule is Cc1nn(CCCNC2CCCC2)c(C)c1C.